The lowest BCUT2D eigenvalue weighted by molar-refractivity contribution is -0.117. The van der Waals surface area contributed by atoms with Crippen LogP contribution in [0.4, 0.5) is 10.1 Å². The largest absolute Gasteiger partial charge is 0.491 e. The molecule has 2 aromatic carbocycles. The number of hydrogen-bond donors (Lipinski definition) is 2. The summed E-state index contributed by atoms with van der Waals surface area (Å²) in [6.45, 7) is 3.92. The molecule has 0 spiro atoms. The van der Waals surface area contributed by atoms with Crippen molar-refractivity contribution in [2.45, 2.75) is 6.10 Å². The predicted molar refractivity (Wildman–Crippen MR) is 111 cm³/mol. The summed E-state index contributed by atoms with van der Waals surface area (Å²) in [5.41, 5.74) is 0.613. The Labute approximate surface area is 174 Å². The fourth-order valence-corrected chi connectivity index (χ4v) is 3.34. The molecule has 1 saturated heterocycles. The molecule has 0 aromatic heterocycles. The van der Waals surface area contributed by atoms with E-state index in [0.717, 1.165) is 26.2 Å². The molecule has 0 saturated carbocycles. The number of rotatable bonds is 8. The van der Waals surface area contributed by atoms with Crippen LogP contribution in [0.3, 0.4) is 0 Å². The summed E-state index contributed by atoms with van der Waals surface area (Å²) in [7, 11) is 0. The molecule has 1 fully saturated rings. The number of β-amino-alcohol motifs (C(OH)–C–C–N with tert-alkyl or cyclic N) is 1. The first-order valence-electron chi connectivity index (χ1n) is 9.55. The molecule has 1 heterocycles. The molecule has 29 heavy (non-hydrogen) atoms. The van der Waals surface area contributed by atoms with Gasteiger partial charge in [0.05, 0.1) is 17.3 Å². The van der Waals surface area contributed by atoms with Crippen LogP contribution in [0.1, 0.15) is 0 Å². The number of carbonyl (C=O) groups excluding carboxylic acids is 1. The summed E-state index contributed by atoms with van der Waals surface area (Å²) in [6, 6.07) is 12.9. The Morgan fingerprint density at radius 3 is 2.45 bits per heavy atom. The number of benzene rings is 2. The monoisotopic (exact) mass is 421 g/mol. The zero-order chi connectivity index (χ0) is 20.6. The minimum absolute atomic E-state index is 0.0979. The van der Waals surface area contributed by atoms with E-state index in [0.29, 0.717) is 29.5 Å². The molecule has 1 amide bonds. The molecular formula is C21H25ClFN3O3. The van der Waals surface area contributed by atoms with Crippen molar-refractivity contribution in [3.05, 3.63) is 59.4 Å². The van der Waals surface area contributed by atoms with Gasteiger partial charge in [-0.2, -0.15) is 0 Å². The van der Waals surface area contributed by atoms with Crippen LogP contribution in [-0.4, -0.2) is 72.8 Å². The van der Waals surface area contributed by atoms with Gasteiger partial charge in [-0.1, -0.05) is 23.7 Å². The molecule has 1 aliphatic rings. The van der Waals surface area contributed by atoms with Crippen LogP contribution < -0.4 is 10.1 Å². The molecule has 3 rings (SSSR count). The summed E-state index contributed by atoms with van der Waals surface area (Å²) in [4.78, 5) is 16.4. The fraction of sp³-hybridized carbons (Fsp3) is 0.381. The quantitative estimate of drug-likeness (QED) is 0.685. The number of nitrogens with one attached hydrogen (secondary N) is 1. The Hall–Kier alpha value is -2.19. The number of anilines is 1. The maximum Gasteiger partial charge on any atom is 0.238 e. The van der Waals surface area contributed by atoms with E-state index in [-0.39, 0.29) is 18.3 Å². The van der Waals surface area contributed by atoms with Gasteiger partial charge >= 0.3 is 0 Å². The topological polar surface area (TPSA) is 65.0 Å². The fourth-order valence-electron chi connectivity index (χ4n) is 3.16. The van der Waals surface area contributed by atoms with Crippen LogP contribution in [0.15, 0.2) is 48.5 Å². The molecule has 0 unspecified atom stereocenters. The van der Waals surface area contributed by atoms with Crippen molar-refractivity contribution in [1.82, 2.24) is 9.80 Å². The first-order valence-corrected chi connectivity index (χ1v) is 9.93. The normalized spacial score (nSPS) is 16.4. The van der Waals surface area contributed by atoms with Gasteiger partial charge in [0.25, 0.3) is 0 Å². The average Bonchev–Trinajstić information content (AvgIpc) is 2.71. The van der Waals surface area contributed by atoms with E-state index in [1.807, 2.05) is 12.1 Å². The summed E-state index contributed by atoms with van der Waals surface area (Å²) in [5, 5.41) is 13.5. The highest BCUT2D eigenvalue weighted by molar-refractivity contribution is 6.33. The highest BCUT2D eigenvalue weighted by Gasteiger charge is 2.21. The molecule has 6 nitrogen and oxygen atoms in total. The van der Waals surface area contributed by atoms with Crippen LogP contribution in [0.2, 0.25) is 5.02 Å². The lowest BCUT2D eigenvalue weighted by Gasteiger charge is -2.35. The third-order valence-electron chi connectivity index (χ3n) is 4.71. The van der Waals surface area contributed by atoms with Crippen LogP contribution in [-0.2, 0) is 4.79 Å². The van der Waals surface area contributed by atoms with Crippen molar-refractivity contribution in [1.29, 1.82) is 0 Å². The van der Waals surface area contributed by atoms with E-state index in [4.69, 9.17) is 16.3 Å². The minimum Gasteiger partial charge on any atom is -0.491 e. The number of carbonyl (C=O) groups is 1. The van der Waals surface area contributed by atoms with Crippen molar-refractivity contribution in [3.63, 3.8) is 0 Å². The maximum absolute atomic E-state index is 12.9. The predicted octanol–water partition coefficient (Wildman–Crippen LogP) is 2.48. The molecule has 8 heteroatoms. The van der Waals surface area contributed by atoms with Gasteiger partial charge in [0.1, 0.15) is 24.3 Å². The number of para-hydroxylation sites is 1. The Bertz CT molecular complexity index is 798. The second-order valence-corrected chi connectivity index (χ2v) is 7.43. The number of piperazine rings is 1. The third kappa shape index (κ3) is 6.97. The van der Waals surface area contributed by atoms with Gasteiger partial charge in [-0.3, -0.25) is 14.6 Å². The summed E-state index contributed by atoms with van der Waals surface area (Å²) < 4.78 is 18.4. The Morgan fingerprint density at radius 1 is 1.10 bits per heavy atom. The molecule has 156 valence electrons. The zero-order valence-corrected chi connectivity index (χ0v) is 16.8. The molecule has 0 bridgehead atoms. The summed E-state index contributed by atoms with van der Waals surface area (Å²) in [6.07, 6.45) is -0.643. The van der Waals surface area contributed by atoms with Crippen LogP contribution in [0.5, 0.6) is 5.75 Å². The molecule has 0 aliphatic carbocycles. The third-order valence-corrected chi connectivity index (χ3v) is 5.03. The maximum atomic E-state index is 12.9. The number of nitrogens with zero attached hydrogens (tertiary/aromatic N) is 2. The number of hydrogen-bond acceptors (Lipinski definition) is 5. The average molecular weight is 422 g/mol. The molecule has 2 N–H and O–H groups in total. The second-order valence-electron chi connectivity index (χ2n) is 7.02. The van der Waals surface area contributed by atoms with Crippen molar-refractivity contribution >= 4 is 23.2 Å². The van der Waals surface area contributed by atoms with Crippen LogP contribution in [0.25, 0.3) is 0 Å². The standard InChI is InChI=1S/C21H25ClFN3O3/c22-19-3-1-2-4-20(19)24-21(28)14-26-11-9-25(10-12-26)13-17(27)15-29-18-7-5-16(23)6-8-18/h1-8,17,27H,9-15H2,(H,24,28)/t17-/m1/s1. The van der Waals surface area contributed by atoms with Gasteiger partial charge < -0.3 is 15.2 Å². The number of ether oxygens (including phenoxy) is 1. The summed E-state index contributed by atoms with van der Waals surface area (Å²) in [5.74, 6) is 0.107. The van der Waals surface area contributed by atoms with Gasteiger partial charge in [-0.25, -0.2) is 4.39 Å². The van der Waals surface area contributed by atoms with E-state index in [2.05, 4.69) is 15.1 Å². The van der Waals surface area contributed by atoms with Crippen LogP contribution in [0, 0.1) is 5.82 Å². The molecule has 1 atom stereocenters. The number of aliphatic hydroxyl groups is 1. The summed E-state index contributed by atoms with van der Waals surface area (Å²) >= 11 is 6.06. The zero-order valence-electron chi connectivity index (χ0n) is 16.1. The molecule has 2 aromatic rings. The first kappa shape index (κ1) is 21.5. The number of halogens is 2. The van der Waals surface area contributed by atoms with Gasteiger partial charge in [-0.15, -0.1) is 0 Å². The van der Waals surface area contributed by atoms with Crippen molar-refractivity contribution in [3.8, 4) is 5.75 Å². The van der Waals surface area contributed by atoms with E-state index < -0.39 is 6.10 Å². The smallest absolute Gasteiger partial charge is 0.238 e. The minimum atomic E-state index is -0.643. The van der Waals surface area contributed by atoms with E-state index >= 15 is 0 Å². The van der Waals surface area contributed by atoms with Gasteiger partial charge in [0, 0.05) is 32.7 Å². The van der Waals surface area contributed by atoms with Crippen LogP contribution >= 0.6 is 11.6 Å². The lowest BCUT2D eigenvalue weighted by Crippen LogP contribution is -2.50. The number of aliphatic hydroxyl groups excluding tert-OH is 1. The molecular weight excluding hydrogens is 397 g/mol. The molecule has 0 radical (unpaired) electrons. The Morgan fingerprint density at radius 2 is 1.76 bits per heavy atom. The highest BCUT2D eigenvalue weighted by atomic mass is 35.5. The number of amides is 1. The van der Waals surface area contributed by atoms with E-state index in [1.165, 1.54) is 24.3 Å². The Balaban J connectivity index is 1.35. The van der Waals surface area contributed by atoms with Gasteiger partial charge in [0.2, 0.25) is 5.91 Å². The van der Waals surface area contributed by atoms with E-state index in [9.17, 15) is 14.3 Å². The van der Waals surface area contributed by atoms with E-state index in [1.54, 1.807) is 12.1 Å². The van der Waals surface area contributed by atoms with Crippen molar-refractivity contribution in [2.75, 3.05) is 51.2 Å². The van der Waals surface area contributed by atoms with Crippen molar-refractivity contribution in [2.24, 2.45) is 0 Å². The second kappa shape index (κ2) is 10.5. The lowest BCUT2D eigenvalue weighted by atomic mass is 10.2. The van der Waals surface area contributed by atoms with Crippen molar-refractivity contribution < 1.29 is 19.0 Å². The van der Waals surface area contributed by atoms with Gasteiger partial charge in [-0.05, 0) is 36.4 Å². The highest BCUT2D eigenvalue weighted by Crippen LogP contribution is 2.20. The Kier molecular flexibility index (Phi) is 7.83. The SMILES string of the molecule is O=C(CN1CCN(C[C@@H](O)COc2ccc(F)cc2)CC1)Nc1ccccc1Cl. The molecule has 1 aliphatic heterocycles. The van der Waals surface area contributed by atoms with Gasteiger partial charge in [0.15, 0.2) is 0 Å². The first-order chi connectivity index (χ1) is 14.0.